The van der Waals surface area contributed by atoms with Gasteiger partial charge in [-0.2, -0.15) is 0 Å². The third-order valence-electron chi connectivity index (χ3n) is 3.13. The maximum atomic E-state index is 12.1. The van der Waals surface area contributed by atoms with Gasteiger partial charge in [0.1, 0.15) is 6.61 Å². The van der Waals surface area contributed by atoms with Gasteiger partial charge in [-0.15, -0.1) is 0 Å². The molecule has 21 heavy (non-hydrogen) atoms. The van der Waals surface area contributed by atoms with Crippen molar-refractivity contribution in [2.45, 2.75) is 27.1 Å². The molecule has 0 unspecified atom stereocenters. The van der Waals surface area contributed by atoms with Crippen molar-refractivity contribution in [3.8, 4) is 0 Å². The van der Waals surface area contributed by atoms with Crippen molar-refractivity contribution in [1.82, 2.24) is 0 Å². The molecule has 0 N–H and O–H groups in total. The molecule has 0 aromatic heterocycles. The zero-order valence-corrected chi connectivity index (χ0v) is 12.7. The van der Waals surface area contributed by atoms with Crippen LogP contribution in [0.15, 0.2) is 42.5 Å². The smallest absolute Gasteiger partial charge is 0.338 e. The number of carbonyl (C=O) groups is 1. The van der Waals surface area contributed by atoms with E-state index in [-0.39, 0.29) is 12.6 Å². The fourth-order valence-corrected chi connectivity index (χ4v) is 2.34. The predicted molar refractivity (Wildman–Crippen MR) is 82.2 cm³/mol. The van der Waals surface area contributed by atoms with Crippen LogP contribution < -0.4 is 0 Å². The highest BCUT2D eigenvalue weighted by atomic mass is 16.5. The molecule has 0 aliphatic carbocycles. The van der Waals surface area contributed by atoms with Crippen LogP contribution in [0.1, 0.15) is 32.6 Å². The van der Waals surface area contributed by atoms with Gasteiger partial charge in [0.2, 0.25) is 0 Å². The summed E-state index contributed by atoms with van der Waals surface area (Å²) in [6.07, 6.45) is 0. The zero-order chi connectivity index (χ0) is 15.2. The van der Waals surface area contributed by atoms with Gasteiger partial charge in [-0.25, -0.2) is 4.79 Å². The van der Waals surface area contributed by atoms with E-state index in [0.29, 0.717) is 12.2 Å². The highest BCUT2D eigenvalue weighted by Gasteiger charge is 2.08. The number of rotatable bonds is 5. The summed E-state index contributed by atoms with van der Waals surface area (Å²) in [5.74, 6) is -0.313. The maximum absolute atomic E-state index is 12.1. The van der Waals surface area contributed by atoms with Crippen LogP contribution in [0, 0.1) is 13.8 Å². The van der Waals surface area contributed by atoms with Crippen molar-refractivity contribution in [3.05, 3.63) is 70.3 Å². The molecule has 0 aliphatic heterocycles. The summed E-state index contributed by atoms with van der Waals surface area (Å²) in [6, 6.07) is 13.5. The molecule has 0 bridgehead atoms. The second-order valence-electron chi connectivity index (χ2n) is 5.21. The highest BCUT2D eigenvalue weighted by Crippen LogP contribution is 2.12. The van der Waals surface area contributed by atoms with Gasteiger partial charge >= 0.3 is 5.97 Å². The standard InChI is InChI=1S/C18H20O3/c1-13-7-14(2)9-16(8-13)12-21-18(19)17-6-4-5-15(10-17)11-20-3/h4-10H,11-12H2,1-3H3. The quantitative estimate of drug-likeness (QED) is 0.783. The summed E-state index contributed by atoms with van der Waals surface area (Å²) in [7, 11) is 1.63. The molecule has 0 saturated heterocycles. The number of hydrogen-bond acceptors (Lipinski definition) is 3. The van der Waals surface area contributed by atoms with E-state index in [0.717, 1.165) is 11.1 Å². The van der Waals surface area contributed by atoms with Gasteiger partial charge in [-0.1, -0.05) is 41.5 Å². The molecule has 0 aliphatic rings. The molecular formula is C18H20O3. The van der Waals surface area contributed by atoms with Crippen LogP contribution in [0.3, 0.4) is 0 Å². The number of ether oxygens (including phenoxy) is 2. The van der Waals surface area contributed by atoms with Crippen molar-refractivity contribution >= 4 is 5.97 Å². The lowest BCUT2D eigenvalue weighted by molar-refractivity contribution is 0.0472. The van der Waals surface area contributed by atoms with E-state index in [1.807, 2.05) is 38.1 Å². The molecule has 3 heteroatoms. The van der Waals surface area contributed by atoms with Crippen molar-refractivity contribution in [2.24, 2.45) is 0 Å². The van der Waals surface area contributed by atoms with E-state index < -0.39 is 0 Å². The Balaban J connectivity index is 2.02. The number of methoxy groups -OCH3 is 1. The summed E-state index contributed by atoms with van der Waals surface area (Å²) in [4.78, 5) is 12.1. The van der Waals surface area contributed by atoms with Gasteiger partial charge in [-0.05, 0) is 37.1 Å². The molecule has 2 rings (SSSR count). The van der Waals surface area contributed by atoms with Gasteiger partial charge < -0.3 is 9.47 Å². The van der Waals surface area contributed by atoms with Gasteiger partial charge in [0, 0.05) is 7.11 Å². The molecular weight excluding hydrogens is 264 g/mol. The second kappa shape index (κ2) is 7.04. The first kappa shape index (κ1) is 15.3. The molecule has 0 heterocycles. The van der Waals surface area contributed by atoms with E-state index in [9.17, 15) is 4.79 Å². The summed E-state index contributed by atoms with van der Waals surface area (Å²) in [5.41, 5.74) is 4.85. The van der Waals surface area contributed by atoms with Crippen LogP contribution in [-0.4, -0.2) is 13.1 Å². The first-order chi connectivity index (χ1) is 10.1. The minimum absolute atomic E-state index is 0.288. The molecule has 0 radical (unpaired) electrons. The van der Waals surface area contributed by atoms with Gasteiger partial charge in [-0.3, -0.25) is 0 Å². The number of benzene rings is 2. The van der Waals surface area contributed by atoms with E-state index >= 15 is 0 Å². The van der Waals surface area contributed by atoms with Crippen LogP contribution in [0.25, 0.3) is 0 Å². The van der Waals surface area contributed by atoms with Crippen LogP contribution in [0.4, 0.5) is 0 Å². The fourth-order valence-electron chi connectivity index (χ4n) is 2.34. The average Bonchev–Trinajstić information content (AvgIpc) is 2.44. The van der Waals surface area contributed by atoms with E-state index in [1.54, 1.807) is 19.2 Å². The Hall–Kier alpha value is -2.13. The molecule has 3 nitrogen and oxygen atoms in total. The molecule has 2 aromatic rings. The number of esters is 1. The monoisotopic (exact) mass is 284 g/mol. The SMILES string of the molecule is COCc1cccc(C(=O)OCc2cc(C)cc(C)c2)c1. The molecule has 0 saturated carbocycles. The molecule has 0 amide bonds. The summed E-state index contributed by atoms with van der Waals surface area (Å²) < 4.78 is 10.4. The molecule has 0 atom stereocenters. The highest BCUT2D eigenvalue weighted by molar-refractivity contribution is 5.89. The Bertz CT molecular complexity index is 612. The Morgan fingerprint density at radius 2 is 1.67 bits per heavy atom. The number of aryl methyl sites for hydroxylation is 2. The number of carbonyl (C=O) groups excluding carboxylic acids is 1. The van der Waals surface area contributed by atoms with E-state index in [2.05, 4.69) is 6.07 Å². The predicted octanol–water partition coefficient (Wildman–Crippen LogP) is 3.81. The molecule has 2 aromatic carbocycles. The molecule has 0 spiro atoms. The largest absolute Gasteiger partial charge is 0.457 e. The van der Waals surface area contributed by atoms with E-state index in [1.165, 1.54) is 11.1 Å². The Kier molecular flexibility index (Phi) is 5.12. The lowest BCUT2D eigenvalue weighted by Crippen LogP contribution is -2.06. The summed E-state index contributed by atoms with van der Waals surface area (Å²) in [6.45, 7) is 4.84. The first-order valence-electron chi connectivity index (χ1n) is 6.90. The third-order valence-corrected chi connectivity index (χ3v) is 3.13. The lowest BCUT2D eigenvalue weighted by Gasteiger charge is -2.08. The van der Waals surface area contributed by atoms with Crippen LogP contribution in [0.5, 0.6) is 0 Å². The van der Waals surface area contributed by atoms with Crippen LogP contribution in [-0.2, 0) is 22.7 Å². The zero-order valence-electron chi connectivity index (χ0n) is 12.7. The second-order valence-corrected chi connectivity index (χ2v) is 5.21. The van der Waals surface area contributed by atoms with Crippen molar-refractivity contribution in [1.29, 1.82) is 0 Å². The normalized spacial score (nSPS) is 10.4. The summed E-state index contributed by atoms with van der Waals surface area (Å²) >= 11 is 0. The molecule has 110 valence electrons. The van der Waals surface area contributed by atoms with Gasteiger partial charge in [0.15, 0.2) is 0 Å². The third kappa shape index (κ3) is 4.43. The van der Waals surface area contributed by atoms with Crippen LogP contribution in [0.2, 0.25) is 0 Å². The summed E-state index contributed by atoms with van der Waals surface area (Å²) in [5, 5.41) is 0. The fraction of sp³-hybridized carbons (Fsp3) is 0.278. The molecule has 0 fully saturated rings. The van der Waals surface area contributed by atoms with Crippen molar-refractivity contribution in [2.75, 3.05) is 7.11 Å². The minimum Gasteiger partial charge on any atom is -0.457 e. The lowest BCUT2D eigenvalue weighted by atomic mass is 10.1. The van der Waals surface area contributed by atoms with Crippen molar-refractivity contribution in [3.63, 3.8) is 0 Å². The van der Waals surface area contributed by atoms with Gasteiger partial charge in [0.05, 0.1) is 12.2 Å². The Labute approximate surface area is 125 Å². The van der Waals surface area contributed by atoms with Gasteiger partial charge in [0.25, 0.3) is 0 Å². The Morgan fingerprint density at radius 1 is 0.952 bits per heavy atom. The average molecular weight is 284 g/mol. The van der Waals surface area contributed by atoms with E-state index in [4.69, 9.17) is 9.47 Å². The Morgan fingerprint density at radius 3 is 2.33 bits per heavy atom. The van der Waals surface area contributed by atoms with Crippen molar-refractivity contribution < 1.29 is 14.3 Å². The first-order valence-corrected chi connectivity index (χ1v) is 6.90. The maximum Gasteiger partial charge on any atom is 0.338 e. The topological polar surface area (TPSA) is 35.5 Å². The minimum atomic E-state index is -0.313. The van der Waals surface area contributed by atoms with Crippen LogP contribution >= 0.6 is 0 Å². The number of hydrogen-bond donors (Lipinski definition) is 0.